The van der Waals surface area contributed by atoms with Gasteiger partial charge in [0.1, 0.15) is 18.2 Å². The van der Waals surface area contributed by atoms with Crippen molar-refractivity contribution in [3.63, 3.8) is 0 Å². The summed E-state index contributed by atoms with van der Waals surface area (Å²) in [7, 11) is 2.25. The normalized spacial score (nSPS) is 39.6. The zero-order chi connectivity index (χ0) is 59.2. The molecule has 2 spiro atoms. The highest BCUT2D eigenvalue weighted by Crippen LogP contribution is 2.52. The third kappa shape index (κ3) is 12.9. The van der Waals surface area contributed by atoms with E-state index in [0.29, 0.717) is 51.5 Å². The molecule has 5 saturated heterocycles. The average Bonchev–Trinajstić information content (AvgIpc) is 3.87. The maximum Gasteiger partial charge on any atom is 0.329 e. The van der Waals surface area contributed by atoms with Crippen molar-refractivity contribution < 1.29 is 66.5 Å². The molecule has 2 aromatic rings. The second-order valence-electron chi connectivity index (χ2n) is 27.4. The summed E-state index contributed by atoms with van der Waals surface area (Å²) in [6.07, 6.45) is 6.18. The van der Waals surface area contributed by atoms with E-state index in [9.17, 15) is 5.11 Å². The van der Waals surface area contributed by atoms with Crippen LogP contribution in [-0.2, 0) is 61.4 Å². The minimum absolute atomic E-state index is 0.0602. The Morgan fingerprint density at radius 3 is 2.04 bits per heavy atom. The molecule has 7 aliphatic rings. The molecule has 9 rings (SSSR count). The summed E-state index contributed by atoms with van der Waals surface area (Å²) >= 11 is 0. The highest BCUT2D eigenvalue weighted by molar-refractivity contribution is 6.99. The van der Waals surface area contributed by atoms with Gasteiger partial charge in [0.05, 0.1) is 43.2 Å². The molecule has 4 bridgehead atoms. The first kappa shape index (κ1) is 63.1. The Morgan fingerprint density at radius 2 is 1.40 bits per heavy atom. The minimum Gasteiger partial charge on any atom is -0.456 e. The molecule has 6 heterocycles. The molecular formula is C66H99NO14Si. The van der Waals surface area contributed by atoms with Crippen molar-refractivity contribution in [2.75, 3.05) is 34.5 Å². The van der Waals surface area contributed by atoms with Gasteiger partial charge >= 0.3 is 5.97 Å². The molecule has 1 amide bonds. The summed E-state index contributed by atoms with van der Waals surface area (Å²) in [5, 5.41) is 13.5. The summed E-state index contributed by atoms with van der Waals surface area (Å²) in [4.78, 5) is 32.8. The summed E-state index contributed by atoms with van der Waals surface area (Å²) in [6.45, 7) is 25.3. The summed E-state index contributed by atoms with van der Waals surface area (Å²) in [5.41, 5.74) is 2.00. The number of benzene rings is 2. The number of amides is 1. The highest BCUT2D eigenvalue weighted by Gasteiger charge is 2.66. The third-order valence-electron chi connectivity index (χ3n) is 19.2. The smallest absolute Gasteiger partial charge is 0.329 e. The number of piperidine rings is 1. The number of nitrogens with zero attached hydrogens (tertiary/aromatic N) is 1. The number of fused-ring (bicyclic) bond motifs is 3. The first-order chi connectivity index (χ1) is 38.8. The van der Waals surface area contributed by atoms with Crippen molar-refractivity contribution >= 4 is 30.6 Å². The number of methoxy groups -OCH3 is 3. The van der Waals surface area contributed by atoms with Crippen LogP contribution in [0.1, 0.15) is 154 Å². The van der Waals surface area contributed by atoms with Crippen LogP contribution < -0.4 is 10.4 Å². The van der Waals surface area contributed by atoms with Gasteiger partial charge < -0.3 is 61.8 Å². The molecule has 1 aliphatic carbocycles. The van der Waals surface area contributed by atoms with Crippen molar-refractivity contribution in [3.05, 3.63) is 84.0 Å². The molecule has 456 valence electrons. The topological polar surface area (TPSA) is 159 Å². The SMILES string of the molecule is CO[C@H]1C[C@@H](C)C/C(C)=C/[C@H]2C[C@@H](O)CO[C@@]23C[C@H](OC(C)(C)O3)[C@@H](C)[C@@H](/C(C)=C\[C@@H]2CC[C@@H](O[Si](c3ccccc3)(c3ccccc3)C(C)(C)C)[C@H](OC)C2)OC(=O)[C@@H]2CCCCN2C(=O)[C@@H]2OC(C)(C)O[C@]23O[C@H]1[C@@H](OC)C[C@H]3C. The van der Waals surface area contributed by atoms with Gasteiger partial charge in [-0.2, -0.15) is 0 Å². The van der Waals surface area contributed by atoms with Gasteiger partial charge in [0.2, 0.25) is 5.79 Å². The highest BCUT2D eigenvalue weighted by atomic mass is 28.4. The second-order valence-corrected chi connectivity index (χ2v) is 31.6. The first-order valence-corrected chi connectivity index (χ1v) is 32.7. The average molecular weight is 1160 g/mol. The first-order valence-electron chi connectivity index (χ1n) is 30.8. The van der Waals surface area contributed by atoms with Gasteiger partial charge in [-0.3, -0.25) is 4.79 Å². The van der Waals surface area contributed by atoms with E-state index in [2.05, 4.69) is 121 Å². The fourth-order valence-corrected chi connectivity index (χ4v) is 20.1. The lowest BCUT2D eigenvalue weighted by molar-refractivity contribution is -0.428. The standard InChI is InChI=1S/C66H99NO14Si/c1-41-32-42(2)34-54(72-14)58-55(73-15)36-44(4)66(77-58)59(78-64(11,12)81-66)60(69)67-31-23-22-28-51(67)61(70)75-57(45(5)56-39-65(80-63(9,10)76-56)47(33-41)38-48(68)40-74-65)43(3)35-46-29-30-52(53(37-46)71-13)79-82(62(6,7)8,49-24-18-16-19-25-49)50-26-20-17-21-27-50/h16-21,24-27,33,35,42,44-48,51-59,68H,22-23,28-32,34,36-40H2,1-15H3/b41-33+,43-35-/t42-,44+,45+,46-,47-,48+,51-,52+,53+,54-,55-,56-,57+,58+,59-,65+,66-/m0/s1. The van der Waals surface area contributed by atoms with Crippen LogP contribution in [0.4, 0.5) is 0 Å². The minimum atomic E-state index is -2.91. The number of hydrogen-bond donors (Lipinski definition) is 1. The van der Waals surface area contributed by atoms with Crippen molar-refractivity contribution in [2.45, 2.75) is 243 Å². The number of aliphatic hydroxyl groups excluding tert-OH is 1. The van der Waals surface area contributed by atoms with E-state index in [1.165, 1.54) is 10.4 Å². The monoisotopic (exact) mass is 1160 g/mol. The van der Waals surface area contributed by atoms with Crippen LogP contribution >= 0.6 is 0 Å². The van der Waals surface area contributed by atoms with Crippen LogP contribution in [0.5, 0.6) is 0 Å². The molecule has 0 unspecified atom stereocenters. The number of carbonyl (C=O) groups excluding carboxylic acids is 2. The van der Waals surface area contributed by atoms with Crippen LogP contribution in [0.3, 0.4) is 0 Å². The summed E-state index contributed by atoms with van der Waals surface area (Å²) in [5.74, 6) is -6.80. The van der Waals surface area contributed by atoms with Crippen LogP contribution in [0.2, 0.25) is 5.04 Å². The van der Waals surface area contributed by atoms with E-state index < -0.39 is 86.0 Å². The number of cyclic esters (lactones) is 1. The second kappa shape index (κ2) is 25.2. The van der Waals surface area contributed by atoms with Gasteiger partial charge in [-0.05, 0) is 139 Å². The number of carbonyl (C=O) groups is 2. The zero-order valence-corrected chi connectivity index (χ0v) is 53.0. The van der Waals surface area contributed by atoms with Gasteiger partial charge in [-0.25, -0.2) is 4.79 Å². The van der Waals surface area contributed by atoms with Crippen molar-refractivity contribution in [3.8, 4) is 0 Å². The van der Waals surface area contributed by atoms with Crippen molar-refractivity contribution in [1.29, 1.82) is 0 Å². The Hall–Kier alpha value is -3.36. The van der Waals surface area contributed by atoms with Gasteiger partial charge in [0.15, 0.2) is 23.5 Å². The lowest BCUT2D eigenvalue weighted by atomic mass is 9.78. The van der Waals surface area contributed by atoms with Crippen LogP contribution in [0.25, 0.3) is 0 Å². The van der Waals surface area contributed by atoms with Gasteiger partial charge in [0, 0.05) is 52.0 Å². The quantitative estimate of drug-likeness (QED) is 0.144. The number of allylic oxidation sites excluding steroid dienone is 2. The predicted octanol–water partition coefficient (Wildman–Crippen LogP) is 9.94. The van der Waals surface area contributed by atoms with E-state index in [4.69, 9.17) is 51.8 Å². The van der Waals surface area contributed by atoms with E-state index in [0.717, 1.165) is 36.8 Å². The molecule has 2 aromatic carbocycles. The van der Waals surface area contributed by atoms with Crippen LogP contribution in [0, 0.1) is 29.6 Å². The van der Waals surface area contributed by atoms with E-state index in [-0.39, 0.29) is 59.5 Å². The molecule has 0 aromatic heterocycles. The van der Waals surface area contributed by atoms with Gasteiger partial charge in [-0.1, -0.05) is 120 Å². The number of aliphatic hydroxyl groups is 1. The lowest BCUT2D eigenvalue weighted by Gasteiger charge is -2.54. The number of hydrogen-bond acceptors (Lipinski definition) is 14. The largest absolute Gasteiger partial charge is 0.456 e. The van der Waals surface area contributed by atoms with Crippen molar-refractivity contribution in [1.82, 2.24) is 4.90 Å². The van der Waals surface area contributed by atoms with Crippen molar-refractivity contribution in [2.24, 2.45) is 29.6 Å². The molecule has 1 saturated carbocycles. The number of ether oxygens (including phenoxy) is 10. The Labute approximate surface area is 490 Å². The fraction of sp³-hybridized carbons (Fsp3) is 0.727. The maximum absolute atomic E-state index is 15.6. The molecule has 16 heteroatoms. The predicted molar refractivity (Wildman–Crippen MR) is 315 cm³/mol. The van der Waals surface area contributed by atoms with E-state index in [1.54, 1.807) is 26.2 Å². The molecule has 15 nitrogen and oxygen atoms in total. The molecular weight excluding hydrogens is 1060 g/mol. The van der Waals surface area contributed by atoms with Crippen LogP contribution in [-0.4, -0.2) is 149 Å². The van der Waals surface area contributed by atoms with E-state index >= 15 is 9.59 Å². The Balaban J connectivity index is 1.09. The summed E-state index contributed by atoms with van der Waals surface area (Å²) in [6, 6.07) is 20.6. The molecule has 0 radical (unpaired) electrons. The Kier molecular flexibility index (Phi) is 19.4. The number of rotatable bonds is 9. The van der Waals surface area contributed by atoms with E-state index in [1.807, 2.05) is 34.6 Å². The third-order valence-corrected chi connectivity index (χ3v) is 24.3. The molecule has 6 aliphatic heterocycles. The van der Waals surface area contributed by atoms with Gasteiger partial charge in [0.25, 0.3) is 14.2 Å². The lowest BCUT2D eigenvalue weighted by Crippen LogP contribution is -2.68. The molecule has 17 atom stereocenters. The Bertz CT molecular complexity index is 2510. The summed E-state index contributed by atoms with van der Waals surface area (Å²) < 4.78 is 75.1. The molecule has 6 fully saturated rings. The zero-order valence-electron chi connectivity index (χ0n) is 52.0. The fourth-order valence-electron chi connectivity index (χ4n) is 15.4. The van der Waals surface area contributed by atoms with Crippen LogP contribution in [0.15, 0.2) is 84.0 Å². The van der Waals surface area contributed by atoms with Gasteiger partial charge in [-0.15, -0.1) is 0 Å². The Morgan fingerprint density at radius 1 is 0.768 bits per heavy atom. The molecule has 1 N–H and O–H groups in total. The maximum atomic E-state index is 15.6. The number of esters is 1. The molecule has 82 heavy (non-hydrogen) atoms.